The molecule has 21 aromatic carbocycles. The number of aromatic nitrogens is 9. The molecule has 0 amide bonds. The van der Waals surface area contributed by atoms with Crippen molar-refractivity contribution in [2.75, 3.05) is 0 Å². The highest BCUT2D eigenvalue weighted by atomic mass is 32.1. The van der Waals surface area contributed by atoms with Crippen molar-refractivity contribution in [1.82, 2.24) is 44.9 Å². The fraction of sp³-hybridized carbons (Fsp3) is 0. The van der Waals surface area contributed by atoms with E-state index in [0.29, 0.717) is 52.4 Å². The van der Waals surface area contributed by atoms with Crippen molar-refractivity contribution in [3.63, 3.8) is 0 Å². The number of hydrogen-bond donors (Lipinski definition) is 0. The number of benzene rings is 21. The van der Waals surface area contributed by atoms with E-state index in [2.05, 4.69) is 473 Å². The molecule has 0 atom stereocenters. The van der Waals surface area contributed by atoms with Crippen LogP contribution in [0.4, 0.5) is 0 Å². The number of rotatable bonds is 15. The summed E-state index contributed by atoms with van der Waals surface area (Å²) in [6.45, 7) is 0. The average Bonchev–Trinajstić information content (AvgIpc) is 1.59. The first kappa shape index (κ1) is 89.6. The van der Waals surface area contributed by atoms with Gasteiger partial charge in [-0.3, -0.25) is 0 Å². The second-order valence-corrected chi connectivity index (χ2v) is 43.7. The number of fused-ring (bicyclic) bond motifs is 18. The van der Waals surface area contributed by atoms with Crippen LogP contribution in [0.1, 0.15) is 0 Å². The molecule has 30 rings (SSSR count). The van der Waals surface area contributed by atoms with Crippen LogP contribution in [0, 0.1) is 0 Å². The molecular formula is C135H81N9S6. The van der Waals surface area contributed by atoms with Gasteiger partial charge in [-0.1, -0.05) is 388 Å². The van der Waals surface area contributed by atoms with Crippen LogP contribution in [0.5, 0.6) is 0 Å². The lowest BCUT2D eigenvalue weighted by molar-refractivity contribution is 1.07. The maximum absolute atomic E-state index is 5.22. The van der Waals surface area contributed by atoms with Gasteiger partial charge >= 0.3 is 0 Å². The molecule has 30 aromatic rings. The fourth-order valence-electron chi connectivity index (χ4n) is 20.8. The Morgan fingerprint density at radius 1 is 0.100 bits per heavy atom. The second-order valence-electron chi connectivity index (χ2n) is 37.2. The van der Waals surface area contributed by atoms with Crippen LogP contribution in [0.15, 0.2) is 491 Å². The Bertz CT molecular complexity index is 10500. The zero-order valence-corrected chi connectivity index (χ0v) is 85.1. The molecule has 0 aliphatic carbocycles. The summed E-state index contributed by atoms with van der Waals surface area (Å²) in [6.07, 6.45) is 0. The minimum Gasteiger partial charge on any atom is -0.208 e. The standard InChI is InChI=1S/3C45H27N3S2/c1-2-11-28(12-3-1)29-23-25-30(26-24-29)43-46-44(48-45(47-43)36-18-10-22-40-42(36)35-16-5-7-20-38(35)50-40)32-14-8-13-31(27-32)33-17-9-21-39-41(33)34-15-4-6-19-37(34)49-39;1-2-10-28(11-3-1)29-20-22-30(23-21-29)43-46-44(48-45(47-43)33-24-25-36-35-14-4-6-17-38(35)50-41(36)27-33)32-13-8-12-31(26-32)34-16-9-19-40-42(34)37-15-5-7-18-39(37)49-40;1-2-10-28(11-3-1)29-20-22-30(23-21-29)43-46-44(48-45(47-43)33-24-25-40-37(27-33)35-14-4-6-17-38(35)49-40)32-13-8-12-31(26-32)34-16-9-19-41-42(34)36-15-5-7-18-39(36)50-41/h3*1-27H. The van der Waals surface area contributed by atoms with E-state index in [4.69, 9.17) is 44.9 Å². The molecule has 0 bridgehead atoms. The van der Waals surface area contributed by atoms with Gasteiger partial charge in [0.15, 0.2) is 52.4 Å². The zero-order chi connectivity index (χ0) is 99.1. The Morgan fingerprint density at radius 2 is 0.300 bits per heavy atom. The minimum atomic E-state index is 0.649. The Kier molecular flexibility index (Phi) is 22.9. The third-order valence-electron chi connectivity index (χ3n) is 28.1. The predicted octanol–water partition coefficient (Wildman–Crippen LogP) is 38.8. The molecular weight excluding hydrogens is 1940 g/mol. The Balaban J connectivity index is 0.000000108. The topological polar surface area (TPSA) is 116 Å². The normalized spacial score (nSPS) is 11.6. The molecule has 0 saturated heterocycles. The molecule has 0 spiro atoms. The summed E-state index contributed by atoms with van der Waals surface area (Å²) in [7, 11) is 0. The largest absolute Gasteiger partial charge is 0.208 e. The molecule has 0 N–H and O–H groups in total. The van der Waals surface area contributed by atoms with Crippen molar-refractivity contribution < 1.29 is 0 Å². The maximum Gasteiger partial charge on any atom is 0.164 e. The molecule has 9 nitrogen and oxygen atoms in total. The molecule has 0 fully saturated rings. The lowest BCUT2D eigenvalue weighted by Gasteiger charge is -2.11. The first-order chi connectivity index (χ1) is 74.3. The molecule has 0 aliphatic rings. The van der Waals surface area contributed by atoms with Gasteiger partial charge in [-0.25, -0.2) is 44.9 Å². The van der Waals surface area contributed by atoms with Crippen molar-refractivity contribution in [2.45, 2.75) is 0 Å². The van der Waals surface area contributed by atoms with Crippen LogP contribution in [0.25, 0.3) is 290 Å². The highest BCUT2D eigenvalue weighted by Crippen LogP contribution is 2.49. The monoisotopic (exact) mass is 2020 g/mol. The summed E-state index contributed by atoms with van der Waals surface area (Å²) in [4.78, 5) is 46.3. The van der Waals surface area contributed by atoms with Crippen molar-refractivity contribution in [3.8, 4) is 169 Å². The van der Waals surface area contributed by atoms with Crippen molar-refractivity contribution in [3.05, 3.63) is 491 Å². The van der Waals surface area contributed by atoms with Crippen molar-refractivity contribution in [2.24, 2.45) is 0 Å². The maximum atomic E-state index is 5.22. The number of nitrogens with zero attached hydrogens (tertiary/aromatic N) is 9. The van der Waals surface area contributed by atoms with Crippen LogP contribution in [0.3, 0.4) is 0 Å². The number of hydrogen-bond acceptors (Lipinski definition) is 15. The van der Waals surface area contributed by atoms with Crippen LogP contribution in [-0.2, 0) is 0 Å². The Hall–Kier alpha value is -18.0. The molecule has 0 radical (unpaired) electrons. The van der Waals surface area contributed by atoms with Crippen molar-refractivity contribution >= 4 is 189 Å². The third-order valence-corrected chi connectivity index (χ3v) is 34.9. The van der Waals surface area contributed by atoms with Gasteiger partial charge in [0.1, 0.15) is 0 Å². The van der Waals surface area contributed by atoms with E-state index in [0.717, 1.165) is 83.5 Å². The lowest BCUT2D eigenvalue weighted by atomic mass is 9.98. The molecule has 150 heavy (non-hydrogen) atoms. The summed E-state index contributed by atoms with van der Waals surface area (Å²) in [5.41, 5.74) is 22.7. The fourth-order valence-corrected chi connectivity index (χ4v) is 27.6. The highest BCUT2D eigenvalue weighted by molar-refractivity contribution is 7.28. The molecule has 0 unspecified atom stereocenters. The van der Waals surface area contributed by atoms with E-state index in [9.17, 15) is 0 Å². The molecule has 0 aliphatic heterocycles. The highest BCUT2D eigenvalue weighted by Gasteiger charge is 2.25. The first-order valence-corrected chi connectivity index (χ1v) is 54.7. The van der Waals surface area contributed by atoms with Gasteiger partial charge in [-0.15, -0.1) is 68.0 Å². The molecule has 9 heterocycles. The summed E-state index contributed by atoms with van der Waals surface area (Å²) in [5, 5.41) is 15.1. The van der Waals surface area contributed by atoms with E-state index in [1.54, 1.807) is 22.7 Å². The summed E-state index contributed by atoms with van der Waals surface area (Å²) in [6, 6.07) is 174. The molecule has 0 saturated carbocycles. The van der Waals surface area contributed by atoms with Crippen LogP contribution in [-0.4, -0.2) is 44.9 Å². The van der Waals surface area contributed by atoms with Crippen LogP contribution < -0.4 is 0 Å². The van der Waals surface area contributed by atoms with Gasteiger partial charge in [0.25, 0.3) is 0 Å². The lowest BCUT2D eigenvalue weighted by Crippen LogP contribution is -2.00. The van der Waals surface area contributed by atoms with Crippen molar-refractivity contribution in [1.29, 1.82) is 0 Å². The van der Waals surface area contributed by atoms with Gasteiger partial charge in [0, 0.05) is 171 Å². The minimum absolute atomic E-state index is 0.649. The summed E-state index contributed by atoms with van der Waals surface area (Å²) in [5.74, 6) is 5.89. The van der Waals surface area contributed by atoms with Gasteiger partial charge < -0.3 is 0 Å². The number of thiophene rings is 6. The van der Waals surface area contributed by atoms with E-state index in [1.165, 1.54) is 154 Å². The van der Waals surface area contributed by atoms with E-state index < -0.39 is 0 Å². The zero-order valence-electron chi connectivity index (χ0n) is 80.2. The van der Waals surface area contributed by atoms with E-state index in [-0.39, 0.29) is 0 Å². The SMILES string of the molecule is c1ccc(-c2ccc(-c3nc(-c4cccc(-c5cccc6sc7ccccc7c56)c4)nc(-c4ccc5c(c4)sc4ccccc45)n3)cc2)cc1.c1ccc(-c2ccc(-c3nc(-c4cccc(-c5cccc6sc7ccccc7c56)c4)nc(-c4ccc5sc6ccccc6c5c4)n3)cc2)cc1.c1ccc(-c2ccc(-c3nc(-c4cccc(-c5cccc6sc7ccccc7c56)c4)nc(-c4cccc5sc6ccccc6c45)n3)cc2)cc1. The second kappa shape index (κ2) is 38.4. The Labute approximate surface area is 886 Å². The first-order valence-electron chi connectivity index (χ1n) is 49.8. The third kappa shape index (κ3) is 16.9. The molecule has 15 heteroatoms. The quantitative estimate of drug-likeness (QED) is 0.0989. The van der Waals surface area contributed by atoms with Gasteiger partial charge in [-0.05, 0) is 170 Å². The van der Waals surface area contributed by atoms with Crippen LogP contribution in [0.2, 0.25) is 0 Å². The Morgan fingerprint density at radius 3 is 0.653 bits per heavy atom. The van der Waals surface area contributed by atoms with E-state index >= 15 is 0 Å². The average molecular weight is 2020 g/mol. The summed E-state index contributed by atoms with van der Waals surface area (Å²) >= 11 is 10.9. The molecule has 702 valence electrons. The van der Waals surface area contributed by atoms with Gasteiger partial charge in [0.2, 0.25) is 0 Å². The summed E-state index contributed by atoms with van der Waals surface area (Å²) < 4.78 is 15.3. The van der Waals surface area contributed by atoms with Gasteiger partial charge in [0.05, 0.1) is 0 Å². The van der Waals surface area contributed by atoms with Gasteiger partial charge in [-0.2, -0.15) is 0 Å². The van der Waals surface area contributed by atoms with E-state index in [1.807, 2.05) is 63.5 Å². The predicted molar refractivity (Wildman–Crippen MR) is 638 cm³/mol. The smallest absolute Gasteiger partial charge is 0.164 e. The molecule has 9 aromatic heterocycles. The van der Waals surface area contributed by atoms with Crippen LogP contribution >= 0.6 is 68.0 Å².